The molecule has 2 rings (SSSR count). The molecule has 0 aliphatic heterocycles. The first-order valence-corrected chi connectivity index (χ1v) is 6.82. The molecule has 8 heteroatoms. The topological polar surface area (TPSA) is 66.9 Å². The zero-order valence-electron chi connectivity index (χ0n) is 11.0. The predicted molar refractivity (Wildman–Crippen MR) is 78.2 cm³/mol. The summed E-state index contributed by atoms with van der Waals surface area (Å²) in [4.78, 5) is 19.9. The summed E-state index contributed by atoms with van der Waals surface area (Å²) in [5.41, 5.74) is -0.271. The second-order valence-electron chi connectivity index (χ2n) is 4.02. The molecule has 0 aliphatic rings. The molecular formula is C13H11BrF2N4O. The van der Waals surface area contributed by atoms with Gasteiger partial charge < -0.3 is 10.6 Å². The number of halogens is 3. The minimum absolute atomic E-state index is 0.00354. The average Bonchev–Trinajstić information content (AvgIpc) is 2.45. The SMILES string of the molecule is CCNc1cncc(C(=O)Nc2cc(F)c(Br)cc2F)n1. The number of rotatable bonds is 4. The van der Waals surface area contributed by atoms with E-state index in [1.54, 1.807) is 0 Å². The number of nitrogens with one attached hydrogen (secondary N) is 2. The van der Waals surface area contributed by atoms with Crippen LogP contribution in [-0.4, -0.2) is 22.4 Å². The van der Waals surface area contributed by atoms with Gasteiger partial charge in [0.25, 0.3) is 5.91 Å². The Hall–Kier alpha value is -2.09. The lowest BCUT2D eigenvalue weighted by molar-refractivity contribution is 0.102. The molecule has 0 saturated heterocycles. The molecule has 0 fully saturated rings. The van der Waals surface area contributed by atoms with Crippen LogP contribution in [0, 0.1) is 11.6 Å². The van der Waals surface area contributed by atoms with Gasteiger partial charge in [0.2, 0.25) is 0 Å². The Morgan fingerprint density at radius 3 is 2.76 bits per heavy atom. The monoisotopic (exact) mass is 356 g/mol. The van der Waals surface area contributed by atoms with Gasteiger partial charge in [-0.05, 0) is 28.9 Å². The van der Waals surface area contributed by atoms with Gasteiger partial charge in [0.15, 0.2) is 0 Å². The van der Waals surface area contributed by atoms with Crippen LogP contribution in [0.3, 0.4) is 0 Å². The summed E-state index contributed by atoms with van der Waals surface area (Å²) in [5, 5.41) is 5.16. The first-order valence-electron chi connectivity index (χ1n) is 6.03. The third-order valence-electron chi connectivity index (χ3n) is 2.48. The normalized spacial score (nSPS) is 10.3. The van der Waals surface area contributed by atoms with Crippen LogP contribution in [0.1, 0.15) is 17.4 Å². The summed E-state index contributed by atoms with van der Waals surface area (Å²) in [7, 11) is 0. The Bertz CT molecular complexity index is 681. The Labute approximate surface area is 127 Å². The van der Waals surface area contributed by atoms with Gasteiger partial charge in [0.1, 0.15) is 23.1 Å². The number of carbonyl (C=O) groups is 1. The number of aromatic nitrogens is 2. The van der Waals surface area contributed by atoms with Crippen molar-refractivity contribution in [2.24, 2.45) is 0 Å². The van der Waals surface area contributed by atoms with Gasteiger partial charge in [0, 0.05) is 12.6 Å². The van der Waals surface area contributed by atoms with Crippen molar-refractivity contribution in [2.45, 2.75) is 6.92 Å². The molecule has 1 heterocycles. The van der Waals surface area contributed by atoms with Crippen LogP contribution in [0.25, 0.3) is 0 Å². The standard InChI is InChI=1S/C13H11BrF2N4O/c1-2-18-12-6-17-5-11(19-12)13(21)20-10-4-8(15)7(14)3-9(10)16/h3-6H,2H2,1H3,(H,18,19)(H,20,21). The molecule has 2 N–H and O–H groups in total. The third-order valence-corrected chi connectivity index (χ3v) is 3.09. The van der Waals surface area contributed by atoms with Crippen molar-refractivity contribution < 1.29 is 13.6 Å². The number of hydrogen-bond acceptors (Lipinski definition) is 4. The van der Waals surface area contributed by atoms with Gasteiger partial charge in [-0.3, -0.25) is 9.78 Å². The maximum Gasteiger partial charge on any atom is 0.276 e. The van der Waals surface area contributed by atoms with Crippen LogP contribution in [-0.2, 0) is 0 Å². The van der Waals surface area contributed by atoms with E-state index < -0.39 is 17.5 Å². The van der Waals surface area contributed by atoms with Crippen LogP contribution < -0.4 is 10.6 Å². The maximum atomic E-state index is 13.6. The smallest absolute Gasteiger partial charge is 0.276 e. The van der Waals surface area contributed by atoms with Crippen molar-refractivity contribution in [3.05, 3.63) is 46.3 Å². The fourth-order valence-corrected chi connectivity index (χ4v) is 1.86. The van der Waals surface area contributed by atoms with E-state index in [2.05, 4.69) is 36.5 Å². The number of hydrogen-bond donors (Lipinski definition) is 2. The zero-order chi connectivity index (χ0) is 15.4. The fraction of sp³-hybridized carbons (Fsp3) is 0.154. The minimum atomic E-state index is -0.757. The number of amides is 1. The molecule has 0 bridgehead atoms. The molecule has 1 aromatic heterocycles. The van der Waals surface area contributed by atoms with E-state index >= 15 is 0 Å². The van der Waals surface area contributed by atoms with Crippen molar-refractivity contribution in [2.75, 3.05) is 17.2 Å². The van der Waals surface area contributed by atoms with E-state index in [9.17, 15) is 13.6 Å². The summed E-state index contributed by atoms with van der Waals surface area (Å²) in [5.74, 6) is -1.69. The second kappa shape index (κ2) is 6.57. The lowest BCUT2D eigenvalue weighted by atomic mass is 10.3. The van der Waals surface area contributed by atoms with Crippen LogP contribution in [0.4, 0.5) is 20.3 Å². The highest BCUT2D eigenvalue weighted by molar-refractivity contribution is 9.10. The molecular weight excluding hydrogens is 346 g/mol. The molecule has 0 atom stereocenters. The lowest BCUT2D eigenvalue weighted by Gasteiger charge is -2.08. The van der Waals surface area contributed by atoms with E-state index in [0.29, 0.717) is 12.4 Å². The van der Waals surface area contributed by atoms with Gasteiger partial charge in [-0.15, -0.1) is 0 Å². The zero-order valence-corrected chi connectivity index (χ0v) is 12.5. The highest BCUT2D eigenvalue weighted by Gasteiger charge is 2.14. The van der Waals surface area contributed by atoms with Gasteiger partial charge in [0.05, 0.1) is 22.6 Å². The number of benzene rings is 1. The van der Waals surface area contributed by atoms with Gasteiger partial charge in [-0.2, -0.15) is 0 Å². The van der Waals surface area contributed by atoms with Crippen molar-refractivity contribution in [1.82, 2.24) is 9.97 Å². The van der Waals surface area contributed by atoms with E-state index in [0.717, 1.165) is 12.1 Å². The quantitative estimate of drug-likeness (QED) is 0.825. The molecule has 5 nitrogen and oxygen atoms in total. The molecule has 110 valence electrons. The van der Waals surface area contributed by atoms with Crippen molar-refractivity contribution in [1.29, 1.82) is 0 Å². The number of anilines is 2. The van der Waals surface area contributed by atoms with Crippen molar-refractivity contribution >= 4 is 33.3 Å². The maximum absolute atomic E-state index is 13.6. The Morgan fingerprint density at radius 2 is 2.05 bits per heavy atom. The van der Waals surface area contributed by atoms with Crippen molar-refractivity contribution in [3.63, 3.8) is 0 Å². The molecule has 0 aliphatic carbocycles. The molecule has 0 radical (unpaired) electrons. The largest absolute Gasteiger partial charge is 0.369 e. The molecule has 0 spiro atoms. The van der Waals surface area contributed by atoms with E-state index in [1.165, 1.54) is 12.4 Å². The Morgan fingerprint density at radius 1 is 1.29 bits per heavy atom. The first kappa shape index (κ1) is 15.3. The van der Waals surface area contributed by atoms with Gasteiger partial charge in [-0.1, -0.05) is 0 Å². The minimum Gasteiger partial charge on any atom is -0.369 e. The lowest BCUT2D eigenvalue weighted by Crippen LogP contribution is -2.16. The van der Waals surface area contributed by atoms with Crippen LogP contribution in [0.15, 0.2) is 29.0 Å². The second-order valence-corrected chi connectivity index (χ2v) is 4.87. The predicted octanol–water partition coefficient (Wildman–Crippen LogP) is 3.20. The number of nitrogens with zero attached hydrogens (tertiary/aromatic N) is 2. The van der Waals surface area contributed by atoms with Crippen LogP contribution >= 0.6 is 15.9 Å². The molecule has 21 heavy (non-hydrogen) atoms. The summed E-state index contributed by atoms with van der Waals surface area (Å²) >= 11 is 2.86. The highest BCUT2D eigenvalue weighted by atomic mass is 79.9. The fourth-order valence-electron chi connectivity index (χ4n) is 1.55. The molecule has 0 unspecified atom stereocenters. The molecule has 2 aromatic rings. The van der Waals surface area contributed by atoms with Crippen LogP contribution in [0.2, 0.25) is 0 Å². The van der Waals surface area contributed by atoms with E-state index in [1.807, 2.05) is 6.92 Å². The molecule has 1 amide bonds. The molecule has 0 saturated carbocycles. The Kier molecular flexibility index (Phi) is 4.79. The summed E-state index contributed by atoms with van der Waals surface area (Å²) in [6.45, 7) is 2.49. The summed E-state index contributed by atoms with van der Waals surface area (Å²) in [6, 6.07) is 1.82. The van der Waals surface area contributed by atoms with Crippen LogP contribution in [0.5, 0.6) is 0 Å². The highest BCUT2D eigenvalue weighted by Crippen LogP contribution is 2.23. The Balaban J connectivity index is 2.22. The first-order chi connectivity index (χ1) is 10.0. The third kappa shape index (κ3) is 3.72. The van der Waals surface area contributed by atoms with Gasteiger partial charge >= 0.3 is 0 Å². The van der Waals surface area contributed by atoms with Crippen molar-refractivity contribution in [3.8, 4) is 0 Å². The summed E-state index contributed by atoms with van der Waals surface area (Å²) < 4.78 is 27.0. The van der Waals surface area contributed by atoms with E-state index in [-0.39, 0.29) is 15.9 Å². The van der Waals surface area contributed by atoms with Gasteiger partial charge in [-0.25, -0.2) is 13.8 Å². The van der Waals surface area contributed by atoms with E-state index in [4.69, 9.17) is 0 Å². The molecule has 1 aromatic carbocycles. The average molecular weight is 357 g/mol. The summed E-state index contributed by atoms with van der Waals surface area (Å²) in [6.07, 6.45) is 2.70. The number of carbonyl (C=O) groups excluding carboxylic acids is 1.